The summed E-state index contributed by atoms with van der Waals surface area (Å²) in [7, 11) is 3.72. The lowest BCUT2D eigenvalue weighted by atomic mass is 9.85. The molecule has 2 aromatic carbocycles. The maximum absolute atomic E-state index is 13.0. The van der Waals surface area contributed by atoms with E-state index in [0.29, 0.717) is 16.9 Å². The van der Waals surface area contributed by atoms with Crippen molar-refractivity contribution in [2.45, 2.75) is 64.9 Å². The molecule has 0 N–H and O–H groups in total. The van der Waals surface area contributed by atoms with Gasteiger partial charge in [0.05, 0.1) is 7.11 Å². The molecule has 0 unspecified atom stereocenters. The van der Waals surface area contributed by atoms with Gasteiger partial charge in [-0.1, -0.05) is 32.9 Å². The predicted octanol–water partition coefficient (Wildman–Crippen LogP) is 5.23. The molecular formula is C30H37NO5. The molecule has 6 nitrogen and oxygen atoms in total. The fraction of sp³-hybridized carbons (Fsp3) is 0.467. The maximum Gasteiger partial charge on any atom is 0.339 e. The van der Waals surface area contributed by atoms with Gasteiger partial charge >= 0.3 is 5.63 Å². The molecule has 36 heavy (non-hydrogen) atoms. The lowest BCUT2D eigenvalue weighted by Crippen LogP contribution is -2.35. The second-order valence-electron chi connectivity index (χ2n) is 11.0. The largest absolute Gasteiger partial charge is 0.496 e. The van der Waals surface area contributed by atoms with Gasteiger partial charge in [-0.15, -0.1) is 0 Å². The Morgan fingerprint density at radius 2 is 1.69 bits per heavy atom. The molecule has 0 bridgehead atoms. The minimum absolute atomic E-state index is 0.00800. The van der Waals surface area contributed by atoms with E-state index in [1.165, 1.54) is 0 Å². The van der Waals surface area contributed by atoms with Crippen LogP contribution in [0.2, 0.25) is 0 Å². The number of likely N-dealkylation sites (tertiary alicyclic amines) is 1. The average molecular weight is 492 g/mol. The maximum atomic E-state index is 13.0. The fourth-order valence-electron chi connectivity index (χ4n) is 4.75. The van der Waals surface area contributed by atoms with Gasteiger partial charge in [0.15, 0.2) is 0 Å². The van der Waals surface area contributed by atoms with E-state index >= 15 is 0 Å². The number of Topliss-reactive ketones (excluding diaryl/α,β-unsaturated/α-hetero) is 1. The molecule has 192 valence electrons. The number of fused-ring (bicyclic) bond motifs is 1. The van der Waals surface area contributed by atoms with Crippen LogP contribution in [0.5, 0.6) is 11.5 Å². The number of aryl methyl sites for hydroxylation is 1. The molecule has 0 saturated carbocycles. The van der Waals surface area contributed by atoms with E-state index in [0.717, 1.165) is 53.8 Å². The second-order valence-corrected chi connectivity index (χ2v) is 11.0. The smallest absolute Gasteiger partial charge is 0.339 e. The number of carbonyl (C=O) groups excluding carboxylic acids is 1. The molecule has 0 amide bonds. The zero-order valence-corrected chi connectivity index (χ0v) is 22.3. The third-order valence-electron chi connectivity index (χ3n) is 7.05. The van der Waals surface area contributed by atoms with Crippen LogP contribution in [0.3, 0.4) is 0 Å². The SMILES string of the molecule is COc1ccc(C(C)(C)C)cc1CC(=O)Cc1cc2ccc(OC3CCN(C)CC3)c(C)c2oc1=O. The molecule has 1 fully saturated rings. The number of piperidine rings is 1. The van der Waals surface area contributed by atoms with Crippen molar-refractivity contribution in [2.75, 3.05) is 27.2 Å². The Kier molecular flexibility index (Phi) is 7.55. The van der Waals surface area contributed by atoms with Crippen LogP contribution in [-0.2, 0) is 23.1 Å². The third kappa shape index (κ3) is 5.81. The molecule has 2 heterocycles. The highest BCUT2D eigenvalue weighted by Crippen LogP contribution is 2.30. The van der Waals surface area contributed by atoms with Crippen molar-refractivity contribution in [3.05, 3.63) is 69.1 Å². The zero-order chi connectivity index (χ0) is 26.0. The number of nitrogens with zero attached hydrogens (tertiary/aromatic N) is 1. The molecule has 0 atom stereocenters. The van der Waals surface area contributed by atoms with Crippen molar-refractivity contribution in [2.24, 2.45) is 0 Å². The van der Waals surface area contributed by atoms with Crippen molar-refractivity contribution in [3.8, 4) is 11.5 Å². The first-order valence-corrected chi connectivity index (χ1v) is 12.7. The van der Waals surface area contributed by atoms with Crippen molar-refractivity contribution < 1.29 is 18.7 Å². The van der Waals surface area contributed by atoms with Crippen LogP contribution in [0.1, 0.15) is 55.9 Å². The van der Waals surface area contributed by atoms with Gasteiger partial charge in [-0.25, -0.2) is 4.79 Å². The van der Waals surface area contributed by atoms with Crippen LogP contribution in [-0.4, -0.2) is 44.0 Å². The van der Waals surface area contributed by atoms with Gasteiger partial charge in [-0.2, -0.15) is 0 Å². The van der Waals surface area contributed by atoms with Crippen LogP contribution in [0, 0.1) is 6.92 Å². The zero-order valence-electron chi connectivity index (χ0n) is 22.3. The summed E-state index contributed by atoms with van der Waals surface area (Å²) >= 11 is 0. The Morgan fingerprint density at radius 3 is 2.36 bits per heavy atom. The van der Waals surface area contributed by atoms with Crippen LogP contribution >= 0.6 is 0 Å². The highest BCUT2D eigenvalue weighted by atomic mass is 16.5. The van der Waals surface area contributed by atoms with Crippen LogP contribution in [0.15, 0.2) is 45.6 Å². The van der Waals surface area contributed by atoms with Crippen molar-refractivity contribution >= 4 is 16.8 Å². The van der Waals surface area contributed by atoms with Gasteiger partial charge in [0.25, 0.3) is 0 Å². The van der Waals surface area contributed by atoms with E-state index in [4.69, 9.17) is 13.9 Å². The molecule has 1 aliphatic rings. The average Bonchev–Trinajstić information content (AvgIpc) is 2.82. The molecular weight excluding hydrogens is 454 g/mol. The van der Waals surface area contributed by atoms with Gasteiger partial charge in [0, 0.05) is 48.0 Å². The second kappa shape index (κ2) is 10.5. The monoisotopic (exact) mass is 491 g/mol. The van der Waals surface area contributed by atoms with Gasteiger partial charge < -0.3 is 18.8 Å². The lowest BCUT2D eigenvalue weighted by Gasteiger charge is -2.29. The first-order chi connectivity index (χ1) is 17.0. The summed E-state index contributed by atoms with van der Waals surface area (Å²) in [4.78, 5) is 28.1. The minimum Gasteiger partial charge on any atom is -0.496 e. The molecule has 1 aromatic heterocycles. The molecule has 0 spiro atoms. The highest BCUT2D eigenvalue weighted by molar-refractivity contribution is 5.86. The van der Waals surface area contributed by atoms with E-state index in [-0.39, 0.29) is 30.1 Å². The van der Waals surface area contributed by atoms with Gasteiger partial charge in [-0.3, -0.25) is 4.79 Å². The number of rotatable bonds is 7. The van der Waals surface area contributed by atoms with Gasteiger partial charge in [0.1, 0.15) is 29.0 Å². The number of carbonyl (C=O) groups is 1. The Morgan fingerprint density at radius 1 is 1.03 bits per heavy atom. The summed E-state index contributed by atoms with van der Waals surface area (Å²) in [5, 5.41) is 0.790. The molecule has 4 rings (SSSR count). The van der Waals surface area contributed by atoms with E-state index in [1.807, 2.05) is 37.3 Å². The standard InChI is InChI=1S/C30H37NO5/c1-19-26(35-25-11-13-31(5)14-12-25)9-7-20-15-22(29(33)36-28(19)20)18-24(32)17-21-16-23(30(2,3)4)8-10-27(21)34-6/h7-10,15-16,25H,11-14,17-18H2,1-6H3. The first kappa shape index (κ1) is 26.0. The Labute approximate surface area is 213 Å². The van der Waals surface area contributed by atoms with Crippen LogP contribution in [0.4, 0.5) is 0 Å². The highest BCUT2D eigenvalue weighted by Gasteiger charge is 2.21. The van der Waals surface area contributed by atoms with E-state index in [2.05, 4.69) is 32.7 Å². The van der Waals surface area contributed by atoms with E-state index in [1.54, 1.807) is 13.2 Å². The molecule has 0 aliphatic carbocycles. The predicted molar refractivity (Wildman–Crippen MR) is 142 cm³/mol. The summed E-state index contributed by atoms with van der Waals surface area (Å²) < 4.78 is 17.4. The Hall–Kier alpha value is -3.12. The lowest BCUT2D eigenvalue weighted by molar-refractivity contribution is -0.117. The Balaban J connectivity index is 1.53. The van der Waals surface area contributed by atoms with Gasteiger partial charge in [0.2, 0.25) is 0 Å². The molecule has 6 heteroatoms. The normalized spacial score (nSPS) is 15.3. The number of ketones is 1. The number of ether oxygens (including phenoxy) is 2. The van der Waals surface area contributed by atoms with Crippen molar-refractivity contribution in [1.29, 1.82) is 0 Å². The van der Waals surface area contributed by atoms with Crippen molar-refractivity contribution in [3.63, 3.8) is 0 Å². The fourth-order valence-corrected chi connectivity index (χ4v) is 4.75. The number of hydrogen-bond acceptors (Lipinski definition) is 6. The van der Waals surface area contributed by atoms with Crippen molar-refractivity contribution in [1.82, 2.24) is 4.90 Å². The summed E-state index contributed by atoms with van der Waals surface area (Å²) in [6.45, 7) is 10.3. The molecule has 1 aliphatic heterocycles. The molecule has 1 saturated heterocycles. The van der Waals surface area contributed by atoms with Crippen LogP contribution in [0.25, 0.3) is 11.0 Å². The molecule has 0 radical (unpaired) electrons. The topological polar surface area (TPSA) is 69.0 Å². The summed E-state index contributed by atoms with van der Waals surface area (Å²) in [6, 6.07) is 11.6. The number of hydrogen-bond donors (Lipinski definition) is 0. The summed E-state index contributed by atoms with van der Waals surface area (Å²) in [6.07, 6.45) is 2.31. The Bertz CT molecular complexity index is 1310. The first-order valence-electron chi connectivity index (χ1n) is 12.7. The van der Waals surface area contributed by atoms with E-state index in [9.17, 15) is 9.59 Å². The van der Waals surface area contributed by atoms with Gasteiger partial charge in [-0.05, 0) is 62.1 Å². The number of methoxy groups -OCH3 is 1. The summed E-state index contributed by atoms with van der Waals surface area (Å²) in [5.41, 5.74) is 3.12. The van der Waals surface area contributed by atoms with E-state index < -0.39 is 5.63 Å². The quantitative estimate of drug-likeness (QED) is 0.421. The minimum atomic E-state index is -0.481. The summed E-state index contributed by atoms with van der Waals surface area (Å²) in [5.74, 6) is 1.36. The molecule has 3 aromatic rings. The number of benzene rings is 2. The van der Waals surface area contributed by atoms with Crippen LogP contribution < -0.4 is 15.1 Å². The third-order valence-corrected chi connectivity index (χ3v) is 7.05.